The second-order valence-electron chi connectivity index (χ2n) is 4.63. The minimum absolute atomic E-state index is 0.389. The van der Waals surface area contributed by atoms with E-state index in [0.29, 0.717) is 21.3 Å². The Balaban J connectivity index is 1.95. The van der Waals surface area contributed by atoms with Crippen molar-refractivity contribution < 1.29 is 9.59 Å². The number of aryl methyl sites for hydroxylation is 1. The third-order valence-corrected chi connectivity index (χ3v) is 3.49. The molecule has 23 heavy (non-hydrogen) atoms. The number of hydrazone groups is 1. The van der Waals surface area contributed by atoms with Gasteiger partial charge < -0.3 is 5.32 Å². The van der Waals surface area contributed by atoms with Crippen molar-refractivity contribution in [2.45, 2.75) is 6.92 Å². The smallest absolute Gasteiger partial charge is 0.317 e. The lowest BCUT2D eigenvalue weighted by Gasteiger charge is -2.06. The van der Waals surface area contributed by atoms with Gasteiger partial charge in [0.25, 0.3) is 0 Å². The molecule has 0 saturated carbocycles. The standard InChI is InChI=1S/C16H13Cl2N3O2/c1-10-4-2-3-5-14(10)20-15(22)16(23)21-19-9-11-6-7-12(17)8-13(11)18/h2-9H,1H3,(H,20,22)(H,21,23)/b19-9+. The molecule has 0 heterocycles. The fourth-order valence-electron chi connectivity index (χ4n) is 1.71. The molecule has 2 amide bonds. The summed E-state index contributed by atoms with van der Waals surface area (Å²) in [6.07, 6.45) is 1.33. The predicted molar refractivity (Wildman–Crippen MR) is 92.0 cm³/mol. The summed E-state index contributed by atoms with van der Waals surface area (Å²) >= 11 is 11.7. The molecule has 2 rings (SSSR count). The number of rotatable bonds is 3. The van der Waals surface area contributed by atoms with E-state index in [1.54, 1.807) is 30.3 Å². The van der Waals surface area contributed by atoms with Gasteiger partial charge >= 0.3 is 11.8 Å². The van der Waals surface area contributed by atoms with Crippen molar-refractivity contribution in [2.24, 2.45) is 5.10 Å². The SMILES string of the molecule is Cc1ccccc1NC(=O)C(=O)N/N=C/c1ccc(Cl)cc1Cl. The Morgan fingerprint density at radius 2 is 1.83 bits per heavy atom. The van der Waals surface area contributed by atoms with Crippen molar-refractivity contribution >= 4 is 46.9 Å². The van der Waals surface area contributed by atoms with Crippen LogP contribution in [0, 0.1) is 6.92 Å². The average molecular weight is 350 g/mol. The monoisotopic (exact) mass is 349 g/mol. The highest BCUT2D eigenvalue weighted by molar-refractivity contribution is 6.39. The lowest BCUT2D eigenvalue weighted by Crippen LogP contribution is -2.32. The van der Waals surface area contributed by atoms with E-state index < -0.39 is 11.8 Å². The summed E-state index contributed by atoms with van der Waals surface area (Å²) in [4.78, 5) is 23.5. The number of halogens is 2. The Kier molecular flexibility index (Phi) is 5.73. The van der Waals surface area contributed by atoms with Gasteiger partial charge in [-0.05, 0) is 30.7 Å². The van der Waals surface area contributed by atoms with Gasteiger partial charge in [-0.2, -0.15) is 5.10 Å². The highest BCUT2D eigenvalue weighted by Crippen LogP contribution is 2.19. The highest BCUT2D eigenvalue weighted by Gasteiger charge is 2.13. The maximum atomic E-state index is 11.8. The van der Waals surface area contributed by atoms with E-state index in [4.69, 9.17) is 23.2 Å². The molecule has 0 aliphatic heterocycles. The van der Waals surface area contributed by atoms with E-state index in [1.165, 1.54) is 6.21 Å². The van der Waals surface area contributed by atoms with Gasteiger partial charge in [0.2, 0.25) is 0 Å². The summed E-state index contributed by atoms with van der Waals surface area (Å²) in [6.45, 7) is 1.83. The second-order valence-corrected chi connectivity index (χ2v) is 5.48. The van der Waals surface area contributed by atoms with Crippen LogP contribution in [0.15, 0.2) is 47.6 Å². The molecular formula is C16H13Cl2N3O2. The van der Waals surface area contributed by atoms with Gasteiger partial charge in [-0.3, -0.25) is 9.59 Å². The normalized spacial score (nSPS) is 10.6. The quantitative estimate of drug-likeness (QED) is 0.506. The molecule has 0 saturated heterocycles. The van der Waals surface area contributed by atoms with E-state index in [-0.39, 0.29) is 0 Å². The number of hydrogen-bond donors (Lipinski definition) is 2. The highest BCUT2D eigenvalue weighted by atomic mass is 35.5. The maximum absolute atomic E-state index is 11.8. The Labute approximate surface area is 143 Å². The van der Waals surface area contributed by atoms with E-state index in [2.05, 4.69) is 15.8 Å². The molecule has 2 N–H and O–H groups in total. The number of benzene rings is 2. The minimum Gasteiger partial charge on any atom is -0.317 e. The summed E-state index contributed by atoms with van der Waals surface area (Å²) in [7, 11) is 0. The Bertz CT molecular complexity index is 776. The molecule has 0 atom stereocenters. The molecule has 0 unspecified atom stereocenters. The topological polar surface area (TPSA) is 70.6 Å². The summed E-state index contributed by atoms with van der Waals surface area (Å²) in [5.74, 6) is -1.69. The van der Waals surface area contributed by atoms with Crippen molar-refractivity contribution in [3.63, 3.8) is 0 Å². The van der Waals surface area contributed by atoms with Crippen LogP contribution < -0.4 is 10.7 Å². The van der Waals surface area contributed by atoms with Gasteiger partial charge in [-0.1, -0.05) is 47.5 Å². The molecule has 0 aliphatic carbocycles. The fourth-order valence-corrected chi connectivity index (χ4v) is 2.17. The lowest BCUT2D eigenvalue weighted by atomic mass is 10.2. The first-order chi connectivity index (χ1) is 11.0. The molecule has 2 aromatic rings. The van der Waals surface area contributed by atoms with Gasteiger partial charge in [0.05, 0.1) is 11.2 Å². The number of carbonyl (C=O) groups excluding carboxylic acids is 2. The Morgan fingerprint density at radius 1 is 1.09 bits per heavy atom. The van der Waals surface area contributed by atoms with Gasteiger partial charge in [-0.15, -0.1) is 0 Å². The predicted octanol–water partition coefficient (Wildman–Crippen LogP) is 3.39. The molecule has 0 spiro atoms. The summed E-state index contributed by atoms with van der Waals surface area (Å²) in [5, 5.41) is 7.10. The fraction of sp³-hybridized carbons (Fsp3) is 0.0625. The van der Waals surface area contributed by atoms with Crippen LogP contribution in [0.5, 0.6) is 0 Å². The zero-order valence-corrected chi connectivity index (χ0v) is 13.7. The number of para-hydroxylation sites is 1. The molecule has 0 fully saturated rings. The molecule has 0 radical (unpaired) electrons. The largest absolute Gasteiger partial charge is 0.329 e. The van der Waals surface area contributed by atoms with Crippen molar-refractivity contribution in [3.8, 4) is 0 Å². The Morgan fingerprint density at radius 3 is 2.52 bits per heavy atom. The second kappa shape index (κ2) is 7.76. The minimum atomic E-state index is -0.880. The molecule has 0 aromatic heterocycles. The van der Waals surface area contributed by atoms with Crippen LogP contribution in [0.1, 0.15) is 11.1 Å². The van der Waals surface area contributed by atoms with Gasteiger partial charge in [-0.25, -0.2) is 5.43 Å². The van der Waals surface area contributed by atoms with Gasteiger partial charge in [0.15, 0.2) is 0 Å². The van der Waals surface area contributed by atoms with E-state index in [0.717, 1.165) is 5.56 Å². The lowest BCUT2D eigenvalue weighted by molar-refractivity contribution is -0.136. The zero-order chi connectivity index (χ0) is 16.8. The van der Waals surface area contributed by atoms with Crippen LogP contribution >= 0.6 is 23.2 Å². The van der Waals surface area contributed by atoms with Crippen molar-refractivity contribution in [1.82, 2.24) is 5.43 Å². The molecule has 0 aliphatic rings. The van der Waals surface area contributed by atoms with Gasteiger partial charge in [0, 0.05) is 16.3 Å². The molecule has 5 nitrogen and oxygen atoms in total. The van der Waals surface area contributed by atoms with E-state index >= 15 is 0 Å². The van der Waals surface area contributed by atoms with Crippen LogP contribution in [0.25, 0.3) is 0 Å². The van der Waals surface area contributed by atoms with Crippen LogP contribution in [-0.2, 0) is 9.59 Å². The van der Waals surface area contributed by atoms with E-state index in [9.17, 15) is 9.59 Å². The molecule has 0 bridgehead atoms. The third-order valence-electron chi connectivity index (χ3n) is 2.93. The maximum Gasteiger partial charge on any atom is 0.329 e. The third kappa shape index (κ3) is 4.81. The van der Waals surface area contributed by atoms with Crippen LogP contribution in [0.4, 0.5) is 5.69 Å². The number of anilines is 1. The van der Waals surface area contributed by atoms with Crippen molar-refractivity contribution in [3.05, 3.63) is 63.6 Å². The summed E-state index contributed by atoms with van der Waals surface area (Å²) in [5.41, 5.74) is 4.12. The van der Waals surface area contributed by atoms with Crippen LogP contribution in [0.3, 0.4) is 0 Å². The number of carbonyl (C=O) groups is 2. The number of hydrogen-bond acceptors (Lipinski definition) is 3. The number of nitrogens with zero attached hydrogens (tertiary/aromatic N) is 1. The number of nitrogens with one attached hydrogen (secondary N) is 2. The zero-order valence-electron chi connectivity index (χ0n) is 12.1. The average Bonchev–Trinajstić information content (AvgIpc) is 2.51. The van der Waals surface area contributed by atoms with Crippen molar-refractivity contribution in [2.75, 3.05) is 5.32 Å². The summed E-state index contributed by atoms with van der Waals surface area (Å²) < 4.78 is 0. The first-order valence-corrected chi connectivity index (χ1v) is 7.38. The molecule has 118 valence electrons. The number of amides is 2. The first-order valence-electron chi connectivity index (χ1n) is 6.62. The van der Waals surface area contributed by atoms with Crippen LogP contribution in [-0.4, -0.2) is 18.0 Å². The van der Waals surface area contributed by atoms with Crippen molar-refractivity contribution in [1.29, 1.82) is 0 Å². The van der Waals surface area contributed by atoms with E-state index in [1.807, 2.05) is 19.1 Å². The van der Waals surface area contributed by atoms with Crippen LogP contribution in [0.2, 0.25) is 10.0 Å². The van der Waals surface area contributed by atoms with Gasteiger partial charge in [0.1, 0.15) is 0 Å². The first kappa shape index (κ1) is 17.0. The Hall–Kier alpha value is -2.37. The molecular weight excluding hydrogens is 337 g/mol. The summed E-state index contributed by atoms with van der Waals surface area (Å²) in [6, 6.07) is 12.0. The molecule has 7 heteroatoms. The molecule has 2 aromatic carbocycles.